The number of halogens is 4. The summed E-state index contributed by atoms with van der Waals surface area (Å²) in [5.74, 6) is -2.69. The lowest BCUT2D eigenvalue weighted by Gasteiger charge is -2.16. The van der Waals surface area contributed by atoms with Gasteiger partial charge in [-0.1, -0.05) is 13.8 Å². The topological polar surface area (TPSA) is 93.2 Å². The van der Waals surface area contributed by atoms with E-state index >= 15 is 0 Å². The average molecular weight is 442 g/mol. The molecule has 0 aromatic carbocycles. The predicted molar refractivity (Wildman–Crippen MR) is 104 cm³/mol. The van der Waals surface area contributed by atoms with Crippen molar-refractivity contribution < 1.29 is 31.9 Å². The van der Waals surface area contributed by atoms with Crippen molar-refractivity contribution in [2.24, 2.45) is 5.92 Å². The number of hydrogen-bond donors (Lipinski definition) is 2. The van der Waals surface area contributed by atoms with Gasteiger partial charge in [0, 0.05) is 23.4 Å². The number of alkyl halides is 3. The molecule has 1 unspecified atom stereocenters. The molecule has 0 bridgehead atoms. The van der Waals surface area contributed by atoms with E-state index in [9.17, 15) is 27.2 Å². The zero-order chi connectivity index (χ0) is 23.3. The molecule has 2 aromatic heterocycles. The summed E-state index contributed by atoms with van der Waals surface area (Å²) in [7, 11) is 0. The SMILES string of the molecule is Cc1cc(C(=O)NC(C)c2cnc(OCC(F)(F)F)c(F)c2)cc(NC(=O)C(C)C)n1. The molecule has 0 radical (unpaired) electrons. The minimum atomic E-state index is -4.62. The van der Waals surface area contributed by atoms with Gasteiger partial charge >= 0.3 is 6.18 Å². The Hall–Kier alpha value is -3.24. The van der Waals surface area contributed by atoms with Gasteiger partial charge in [-0.25, -0.2) is 14.4 Å². The van der Waals surface area contributed by atoms with E-state index in [1.165, 1.54) is 12.1 Å². The third-order valence-electron chi connectivity index (χ3n) is 4.04. The van der Waals surface area contributed by atoms with E-state index in [4.69, 9.17) is 0 Å². The molecule has 2 aromatic rings. The minimum Gasteiger partial charge on any atom is -0.466 e. The first-order valence-electron chi connectivity index (χ1n) is 9.31. The second-order valence-corrected chi connectivity index (χ2v) is 7.18. The van der Waals surface area contributed by atoms with Crippen molar-refractivity contribution in [1.29, 1.82) is 0 Å². The van der Waals surface area contributed by atoms with Crippen molar-refractivity contribution in [3.63, 3.8) is 0 Å². The minimum absolute atomic E-state index is 0.218. The molecule has 0 spiro atoms. The number of carbonyl (C=O) groups excluding carboxylic acids is 2. The van der Waals surface area contributed by atoms with Gasteiger partial charge in [-0.3, -0.25) is 9.59 Å². The molecular weight excluding hydrogens is 420 g/mol. The number of carbonyl (C=O) groups is 2. The van der Waals surface area contributed by atoms with Gasteiger partial charge in [0.15, 0.2) is 12.4 Å². The summed E-state index contributed by atoms with van der Waals surface area (Å²) in [6.45, 7) is 4.98. The number of anilines is 1. The Morgan fingerprint density at radius 2 is 1.84 bits per heavy atom. The van der Waals surface area contributed by atoms with E-state index in [0.29, 0.717) is 5.69 Å². The van der Waals surface area contributed by atoms with Gasteiger partial charge in [-0.05, 0) is 37.6 Å². The van der Waals surface area contributed by atoms with Gasteiger partial charge in [0.1, 0.15) is 5.82 Å². The molecule has 11 heteroatoms. The third-order valence-corrected chi connectivity index (χ3v) is 4.04. The van der Waals surface area contributed by atoms with E-state index in [1.807, 2.05) is 0 Å². The van der Waals surface area contributed by atoms with Crippen molar-refractivity contribution in [2.75, 3.05) is 11.9 Å². The first-order chi connectivity index (χ1) is 14.4. The zero-order valence-electron chi connectivity index (χ0n) is 17.3. The maximum atomic E-state index is 14.0. The third kappa shape index (κ3) is 7.19. The standard InChI is InChI=1S/C20H22F4N4O3/c1-10(2)17(29)28-16-7-13(5-11(3)26-16)18(30)27-12(4)14-6-15(21)19(25-8-14)31-9-20(22,23)24/h5-8,10,12H,9H2,1-4H3,(H,27,30)(H,26,28,29). The molecule has 0 saturated carbocycles. The summed E-state index contributed by atoms with van der Waals surface area (Å²) in [5, 5.41) is 5.25. The molecular formula is C20H22F4N4O3. The lowest BCUT2D eigenvalue weighted by molar-refractivity contribution is -0.154. The van der Waals surface area contributed by atoms with E-state index < -0.39 is 36.4 Å². The fourth-order valence-electron chi connectivity index (χ4n) is 2.43. The molecule has 168 valence electrons. The first kappa shape index (κ1) is 24.0. The van der Waals surface area contributed by atoms with Gasteiger partial charge in [0.05, 0.1) is 6.04 Å². The second kappa shape index (κ2) is 9.71. The number of ether oxygens (including phenoxy) is 1. The van der Waals surface area contributed by atoms with Crippen molar-refractivity contribution >= 4 is 17.6 Å². The van der Waals surface area contributed by atoms with Crippen LogP contribution < -0.4 is 15.4 Å². The lowest BCUT2D eigenvalue weighted by Crippen LogP contribution is -2.27. The molecule has 31 heavy (non-hydrogen) atoms. The Labute approximate surface area is 176 Å². The summed E-state index contributed by atoms with van der Waals surface area (Å²) in [5.41, 5.74) is 0.944. The van der Waals surface area contributed by atoms with Gasteiger partial charge in [0.2, 0.25) is 5.91 Å². The fraction of sp³-hybridized carbons (Fsp3) is 0.400. The Balaban J connectivity index is 2.11. The second-order valence-electron chi connectivity index (χ2n) is 7.18. The number of aromatic nitrogens is 2. The monoisotopic (exact) mass is 442 g/mol. The molecule has 2 rings (SSSR count). The van der Waals surface area contributed by atoms with Crippen molar-refractivity contribution in [1.82, 2.24) is 15.3 Å². The highest BCUT2D eigenvalue weighted by Gasteiger charge is 2.29. The highest BCUT2D eigenvalue weighted by atomic mass is 19.4. The average Bonchev–Trinajstić information content (AvgIpc) is 2.65. The van der Waals surface area contributed by atoms with Gasteiger partial charge in [0.25, 0.3) is 11.8 Å². The number of nitrogens with zero attached hydrogens (tertiary/aromatic N) is 2. The maximum Gasteiger partial charge on any atom is 0.422 e. The Bertz CT molecular complexity index is 964. The number of pyridine rings is 2. The van der Waals surface area contributed by atoms with Crippen LogP contribution in [0.15, 0.2) is 24.4 Å². The van der Waals surface area contributed by atoms with E-state index in [1.54, 1.807) is 27.7 Å². The fourth-order valence-corrected chi connectivity index (χ4v) is 2.43. The van der Waals surface area contributed by atoms with Crippen LogP contribution >= 0.6 is 0 Å². The summed E-state index contributed by atoms with van der Waals surface area (Å²) in [4.78, 5) is 32.2. The molecule has 2 heterocycles. The Morgan fingerprint density at radius 3 is 2.42 bits per heavy atom. The highest BCUT2D eigenvalue weighted by molar-refractivity contribution is 5.97. The summed E-state index contributed by atoms with van der Waals surface area (Å²) < 4.78 is 54.9. The van der Waals surface area contributed by atoms with Crippen molar-refractivity contribution in [2.45, 2.75) is 39.9 Å². The first-order valence-corrected chi connectivity index (χ1v) is 9.31. The number of amides is 2. The molecule has 0 aliphatic rings. The predicted octanol–water partition coefficient (Wildman–Crippen LogP) is 3.95. The maximum absolute atomic E-state index is 14.0. The summed E-state index contributed by atoms with van der Waals surface area (Å²) in [6, 6.07) is 3.14. The van der Waals surface area contributed by atoms with Crippen LogP contribution in [0.25, 0.3) is 0 Å². The smallest absolute Gasteiger partial charge is 0.422 e. The van der Waals surface area contributed by atoms with Crippen LogP contribution in [0, 0.1) is 18.7 Å². The molecule has 0 saturated heterocycles. The van der Waals surface area contributed by atoms with Crippen LogP contribution in [0.1, 0.15) is 48.4 Å². The van der Waals surface area contributed by atoms with Crippen LogP contribution in [-0.4, -0.2) is 34.6 Å². The molecule has 1 atom stereocenters. The Morgan fingerprint density at radius 1 is 1.16 bits per heavy atom. The Kier molecular flexibility index (Phi) is 7.53. The number of rotatable bonds is 7. The van der Waals surface area contributed by atoms with Crippen LogP contribution in [0.3, 0.4) is 0 Å². The highest BCUT2D eigenvalue weighted by Crippen LogP contribution is 2.22. The molecule has 7 nitrogen and oxygen atoms in total. The summed E-state index contributed by atoms with van der Waals surface area (Å²) in [6.07, 6.45) is -3.50. The van der Waals surface area contributed by atoms with E-state index in [2.05, 4.69) is 25.3 Å². The number of nitrogens with one attached hydrogen (secondary N) is 2. The molecule has 2 amide bonds. The lowest BCUT2D eigenvalue weighted by atomic mass is 10.1. The van der Waals surface area contributed by atoms with E-state index in [0.717, 1.165) is 12.3 Å². The normalized spacial score (nSPS) is 12.4. The zero-order valence-corrected chi connectivity index (χ0v) is 17.3. The molecule has 2 N–H and O–H groups in total. The van der Waals surface area contributed by atoms with Crippen molar-refractivity contribution in [3.05, 3.63) is 47.0 Å². The van der Waals surface area contributed by atoms with Gasteiger partial charge < -0.3 is 15.4 Å². The van der Waals surface area contributed by atoms with Gasteiger partial charge in [-0.15, -0.1) is 0 Å². The quantitative estimate of drug-likeness (QED) is 0.634. The van der Waals surface area contributed by atoms with Crippen LogP contribution in [0.5, 0.6) is 5.88 Å². The molecule has 0 aliphatic carbocycles. The van der Waals surface area contributed by atoms with Gasteiger partial charge in [-0.2, -0.15) is 13.2 Å². The van der Waals surface area contributed by atoms with E-state index in [-0.39, 0.29) is 28.8 Å². The summed E-state index contributed by atoms with van der Waals surface area (Å²) >= 11 is 0. The molecule has 0 fully saturated rings. The van der Waals surface area contributed by atoms with Crippen LogP contribution in [-0.2, 0) is 4.79 Å². The van der Waals surface area contributed by atoms with Crippen molar-refractivity contribution in [3.8, 4) is 5.88 Å². The van der Waals surface area contributed by atoms with Crippen LogP contribution in [0.4, 0.5) is 23.4 Å². The number of hydrogen-bond acceptors (Lipinski definition) is 5. The largest absolute Gasteiger partial charge is 0.466 e. The molecule has 0 aliphatic heterocycles. The number of aryl methyl sites for hydroxylation is 1. The van der Waals surface area contributed by atoms with Crippen LogP contribution in [0.2, 0.25) is 0 Å².